The minimum Gasteiger partial charge on any atom is -0.482 e. The molecule has 0 spiro atoms. The molecule has 3 aromatic carbocycles. The van der Waals surface area contributed by atoms with Gasteiger partial charge >= 0.3 is 0 Å². The second-order valence-corrected chi connectivity index (χ2v) is 8.63. The van der Waals surface area contributed by atoms with Gasteiger partial charge in [-0.3, -0.25) is 14.5 Å². The summed E-state index contributed by atoms with van der Waals surface area (Å²) in [6.07, 6.45) is 0. The van der Waals surface area contributed by atoms with Gasteiger partial charge in [-0.15, -0.1) is 0 Å². The first-order valence-electron chi connectivity index (χ1n) is 11.4. The number of halogens is 1. The van der Waals surface area contributed by atoms with Crippen molar-refractivity contribution in [3.05, 3.63) is 95.3 Å². The van der Waals surface area contributed by atoms with E-state index in [4.69, 9.17) is 4.74 Å². The van der Waals surface area contributed by atoms with Crippen LogP contribution < -0.4 is 9.64 Å². The lowest BCUT2D eigenvalue weighted by atomic mass is 10.1. The maximum atomic E-state index is 13.3. The molecule has 3 aromatic rings. The van der Waals surface area contributed by atoms with E-state index in [-0.39, 0.29) is 30.8 Å². The monoisotopic (exact) mass is 459 g/mol. The number of hydrogen-bond acceptors (Lipinski definition) is 4. The van der Waals surface area contributed by atoms with E-state index in [1.54, 1.807) is 35.2 Å². The lowest BCUT2D eigenvalue weighted by Gasteiger charge is -2.35. The Balaban J connectivity index is 1.28. The Morgan fingerprint density at radius 2 is 1.56 bits per heavy atom. The smallest absolute Gasteiger partial charge is 0.265 e. The molecule has 174 valence electrons. The normalized spacial score (nSPS) is 16.2. The Labute approximate surface area is 198 Å². The molecule has 0 bridgehead atoms. The third-order valence-electron chi connectivity index (χ3n) is 6.31. The van der Waals surface area contributed by atoms with Gasteiger partial charge in [-0.05, 0) is 41.5 Å². The minimum atomic E-state index is -0.325. The Kier molecular flexibility index (Phi) is 6.27. The van der Waals surface area contributed by atoms with Crippen molar-refractivity contribution < 1.29 is 18.7 Å². The number of hydrogen-bond donors (Lipinski definition) is 0. The number of rotatable bonds is 5. The lowest BCUT2D eigenvalue weighted by Crippen LogP contribution is -2.48. The van der Waals surface area contributed by atoms with Crippen molar-refractivity contribution in [2.24, 2.45) is 0 Å². The summed E-state index contributed by atoms with van der Waals surface area (Å²) < 4.78 is 18.9. The third kappa shape index (κ3) is 4.79. The van der Waals surface area contributed by atoms with Crippen LogP contribution in [0.5, 0.6) is 5.75 Å². The fourth-order valence-electron chi connectivity index (χ4n) is 4.41. The van der Waals surface area contributed by atoms with E-state index in [1.165, 1.54) is 17.7 Å². The molecule has 1 saturated heterocycles. The first-order chi connectivity index (χ1) is 16.6. The first-order valence-corrected chi connectivity index (χ1v) is 11.4. The van der Waals surface area contributed by atoms with Crippen molar-refractivity contribution in [1.82, 2.24) is 9.80 Å². The Hall–Kier alpha value is -3.71. The highest BCUT2D eigenvalue weighted by Crippen LogP contribution is 2.34. The summed E-state index contributed by atoms with van der Waals surface area (Å²) in [4.78, 5) is 31.7. The number of ether oxygens (including phenoxy) is 1. The summed E-state index contributed by atoms with van der Waals surface area (Å²) in [5.74, 6) is -0.0157. The van der Waals surface area contributed by atoms with Crippen molar-refractivity contribution in [3.63, 3.8) is 0 Å². The molecular weight excluding hydrogens is 433 g/mol. The van der Waals surface area contributed by atoms with Crippen LogP contribution in [0.3, 0.4) is 0 Å². The van der Waals surface area contributed by atoms with E-state index in [2.05, 4.69) is 17.0 Å². The van der Waals surface area contributed by atoms with Gasteiger partial charge in [0.2, 0.25) is 0 Å². The largest absolute Gasteiger partial charge is 0.482 e. The Bertz CT molecular complexity index is 1180. The second kappa shape index (κ2) is 9.65. The number of anilines is 1. The molecule has 6 nitrogen and oxygen atoms in total. The van der Waals surface area contributed by atoms with Gasteiger partial charge in [-0.1, -0.05) is 42.5 Å². The lowest BCUT2D eigenvalue weighted by molar-refractivity contribution is -0.121. The minimum absolute atomic E-state index is 0.0538. The predicted molar refractivity (Wildman–Crippen MR) is 127 cm³/mol. The number of carbonyl (C=O) groups excluding carboxylic acids is 2. The van der Waals surface area contributed by atoms with Gasteiger partial charge < -0.3 is 14.5 Å². The summed E-state index contributed by atoms with van der Waals surface area (Å²) in [5, 5.41) is 0. The van der Waals surface area contributed by atoms with E-state index < -0.39 is 0 Å². The fourth-order valence-corrected chi connectivity index (χ4v) is 4.41. The van der Waals surface area contributed by atoms with Crippen LogP contribution in [0, 0.1) is 5.82 Å². The quantitative estimate of drug-likeness (QED) is 0.584. The van der Waals surface area contributed by atoms with Crippen LogP contribution in [-0.4, -0.2) is 54.4 Å². The van der Waals surface area contributed by atoms with Gasteiger partial charge in [-0.25, -0.2) is 4.39 Å². The maximum Gasteiger partial charge on any atom is 0.265 e. The fraction of sp³-hybridized carbons (Fsp3) is 0.259. The molecular formula is C27H26FN3O3. The number of carbonyl (C=O) groups is 2. The van der Waals surface area contributed by atoms with E-state index >= 15 is 0 Å². The standard InChI is InChI=1S/C27H26FN3O3/c28-23-9-6-21(7-10-23)18-31-24-16-22(8-11-25(24)34-19-26(31)32)27(33)30-14-12-29(13-15-30)17-20-4-2-1-3-5-20/h1-11,16H,12-15,17-19H2. The molecule has 2 aliphatic heterocycles. The second-order valence-electron chi connectivity index (χ2n) is 8.63. The van der Waals surface area contributed by atoms with Gasteiger partial charge in [0.15, 0.2) is 6.61 Å². The zero-order valence-electron chi connectivity index (χ0n) is 18.8. The van der Waals surface area contributed by atoms with Crippen molar-refractivity contribution in [2.45, 2.75) is 13.1 Å². The van der Waals surface area contributed by atoms with Gasteiger partial charge in [0, 0.05) is 38.3 Å². The van der Waals surface area contributed by atoms with Crippen molar-refractivity contribution in [3.8, 4) is 5.75 Å². The summed E-state index contributed by atoms with van der Waals surface area (Å²) in [6, 6.07) is 21.6. The average molecular weight is 460 g/mol. The van der Waals surface area contributed by atoms with Crippen LogP contribution in [0.4, 0.5) is 10.1 Å². The van der Waals surface area contributed by atoms with Crippen molar-refractivity contribution in [2.75, 3.05) is 37.7 Å². The average Bonchev–Trinajstić information content (AvgIpc) is 2.87. The predicted octanol–water partition coefficient (Wildman–Crippen LogP) is 3.71. The first kappa shape index (κ1) is 22.1. The Morgan fingerprint density at radius 3 is 2.29 bits per heavy atom. The number of amides is 2. The van der Waals surface area contributed by atoms with E-state index in [1.807, 2.05) is 23.1 Å². The van der Waals surface area contributed by atoms with Crippen molar-refractivity contribution in [1.29, 1.82) is 0 Å². The van der Waals surface area contributed by atoms with Crippen molar-refractivity contribution >= 4 is 17.5 Å². The molecule has 0 unspecified atom stereocenters. The summed E-state index contributed by atoms with van der Waals surface area (Å²) >= 11 is 0. The van der Waals surface area contributed by atoms with Crippen LogP contribution in [0.25, 0.3) is 0 Å². The summed E-state index contributed by atoms with van der Waals surface area (Å²) in [6.45, 7) is 4.01. The van der Waals surface area contributed by atoms with Crippen LogP contribution in [0.2, 0.25) is 0 Å². The topological polar surface area (TPSA) is 53.1 Å². The van der Waals surface area contributed by atoms with E-state index in [0.29, 0.717) is 30.1 Å². The SMILES string of the molecule is O=C(c1ccc2c(c1)N(Cc1ccc(F)cc1)C(=O)CO2)N1CCN(Cc2ccccc2)CC1. The summed E-state index contributed by atoms with van der Waals surface area (Å²) in [7, 11) is 0. The van der Waals surface area contributed by atoms with Crippen LogP contribution in [0.15, 0.2) is 72.8 Å². The van der Waals surface area contributed by atoms with Crippen LogP contribution >= 0.6 is 0 Å². The number of piperazine rings is 1. The highest BCUT2D eigenvalue weighted by Gasteiger charge is 2.28. The molecule has 2 heterocycles. The molecule has 2 aliphatic rings. The number of fused-ring (bicyclic) bond motifs is 1. The summed E-state index contributed by atoms with van der Waals surface area (Å²) in [5.41, 5.74) is 3.16. The molecule has 2 amide bonds. The highest BCUT2D eigenvalue weighted by molar-refractivity contribution is 6.01. The number of nitrogens with zero attached hydrogens (tertiary/aromatic N) is 3. The molecule has 0 N–H and O–H groups in total. The molecule has 5 rings (SSSR count). The Morgan fingerprint density at radius 1 is 0.853 bits per heavy atom. The third-order valence-corrected chi connectivity index (χ3v) is 6.31. The van der Waals surface area contributed by atoms with Crippen LogP contribution in [0.1, 0.15) is 21.5 Å². The molecule has 0 aromatic heterocycles. The molecule has 0 radical (unpaired) electrons. The molecule has 0 aliphatic carbocycles. The highest BCUT2D eigenvalue weighted by atomic mass is 19.1. The number of benzene rings is 3. The molecule has 7 heteroatoms. The maximum absolute atomic E-state index is 13.3. The molecule has 34 heavy (non-hydrogen) atoms. The van der Waals surface area contributed by atoms with Gasteiger partial charge in [-0.2, -0.15) is 0 Å². The molecule has 0 atom stereocenters. The molecule has 0 saturated carbocycles. The van der Waals surface area contributed by atoms with Crippen LogP contribution in [-0.2, 0) is 17.9 Å². The van der Waals surface area contributed by atoms with E-state index in [0.717, 1.165) is 25.2 Å². The van der Waals surface area contributed by atoms with Gasteiger partial charge in [0.1, 0.15) is 11.6 Å². The van der Waals surface area contributed by atoms with E-state index in [9.17, 15) is 14.0 Å². The van der Waals surface area contributed by atoms with Gasteiger partial charge in [0.05, 0.1) is 12.2 Å². The molecule has 1 fully saturated rings. The van der Waals surface area contributed by atoms with Gasteiger partial charge in [0.25, 0.3) is 11.8 Å². The zero-order chi connectivity index (χ0) is 23.5. The zero-order valence-corrected chi connectivity index (χ0v) is 18.8.